The molecule has 0 aromatic heterocycles. The summed E-state index contributed by atoms with van der Waals surface area (Å²) in [4.78, 5) is 13.7. The molecule has 3 heteroatoms. The standard InChI is InChI=1S/C12H17NO2/c1-4-13(5-2)12(15)10-6-7-11(14)9(3)8-10/h6-8,14H,4-5H2,1-3H3. The van der Waals surface area contributed by atoms with Crippen LogP contribution in [0.5, 0.6) is 5.75 Å². The highest BCUT2D eigenvalue weighted by molar-refractivity contribution is 5.94. The molecule has 82 valence electrons. The Morgan fingerprint density at radius 1 is 1.33 bits per heavy atom. The molecule has 0 atom stereocenters. The molecule has 0 aliphatic rings. The van der Waals surface area contributed by atoms with Crippen LogP contribution in [0.3, 0.4) is 0 Å². The third-order valence-electron chi connectivity index (χ3n) is 2.49. The maximum atomic E-state index is 11.9. The van der Waals surface area contributed by atoms with Crippen molar-refractivity contribution in [2.45, 2.75) is 20.8 Å². The van der Waals surface area contributed by atoms with Gasteiger partial charge in [0.1, 0.15) is 5.75 Å². The maximum Gasteiger partial charge on any atom is 0.253 e. The Morgan fingerprint density at radius 3 is 2.40 bits per heavy atom. The van der Waals surface area contributed by atoms with Crippen molar-refractivity contribution in [1.82, 2.24) is 4.90 Å². The predicted octanol–water partition coefficient (Wildman–Crippen LogP) is 2.18. The van der Waals surface area contributed by atoms with E-state index in [0.29, 0.717) is 18.7 Å². The lowest BCUT2D eigenvalue weighted by Gasteiger charge is -2.18. The minimum atomic E-state index is 0.0168. The van der Waals surface area contributed by atoms with Gasteiger partial charge in [-0.05, 0) is 44.5 Å². The summed E-state index contributed by atoms with van der Waals surface area (Å²) in [5, 5.41) is 9.35. The van der Waals surface area contributed by atoms with Crippen molar-refractivity contribution >= 4 is 5.91 Å². The minimum Gasteiger partial charge on any atom is -0.508 e. The van der Waals surface area contributed by atoms with Crippen molar-refractivity contribution in [3.8, 4) is 5.75 Å². The molecule has 0 aliphatic heterocycles. The van der Waals surface area contributed by atoms with E-state index in [1.807, 2.05) is 13.8 Å². The van der Waals surface area contributed by atoms with Crippen LogP contribution in [0.15, 0.2) is 18.2 Å². The maximum absolute atomic E-state index is 11.9. The van der Waals surface area contributed by atoms with Crippen molar-refractivity contribution in [2.75, 3.05) is 13.1 Å². The van der Waals surface area contributed by atoms with E-state index in [0.717, 1.165) is 5.56 Å². The summed E-state index contributed by atoms with van der Waals surface area (Å²) < 4.78 is 0. The van der Waals surface area contributed by atoms with E-state index in [1.165, 1.54) is 0 Å². The zero-order valence-electron chi connectivity index (χ0n) is 9.45. The Morgan fingerprint density at radius 2 is 1.93 bits per heavy atom. The second-order valence-corrected chi connectivity index (χ2v) is 3.48. The molecule has 0 bridgehead atoms. The van der Waals surface area contributed by atoms with Gasteiger partial charge in [0.15, 0.2) is 0 Å². The first-order valence-electron chi connectivity index (χ1n) is 5.19. The number of aryl methyl sites for hydroxylation is 1. The lowest BCUT2D eigenvalue weighted by Crippen LogP contribution is -2.30. The van der Waals surface area contributed by atoms with Gasteiger partial charge in [-0.25, -0.2) is 0 Å². The Bertz CT molecular complexity index is 357. The Hall–Kier alpha value is -1.51. The largest absolute Gasteiger partial charge is 0.508 e. The van der Waals surface area contributed by atoms with E-state index in [-0.39, 0.29) is 11.7 Å². The van der Waals surface area contributed by atoms with Gasteiger partial charge in [-0.3, -0.25) is 4.79 Å². The van der Waals surface area contributed by atoms with E-state index in [4.69, 9.17) is 0 Å². The van der Waals surface area contributed by atoms with Crippen LogP contribution >= 0.6 is 0 Å². The fraction of sp³-hybridized carbons (Fsp3) is 0.417. The van der Waals surface area contributed by atoms with Crippen LogP contribution in [-0.2, 0) is 0 Å². The van der Waals surface area contributed by atoms with Crippen LogP contribution in [-0.4, -0.2) is 29.0 Å². The summed E-state index contributed by atoms with van der Waals surface area (Å²) in [6, 6.07) is 4.94. The number of hydrogen-bond donors (Lipinski definition) is 1. The Labute approximate surface area is 90.3 Å². The molecule has 0 aliphatic carbocycles. The highest BCUT2D eigenvalue weighted by Crippen LogP contribution is 2.17. The summed E-state index contributed by atoms with van der Waals surface area (Å²) in [7, 11) is 0. The molecule has 0 radical (unpaired) electrons. The van der Waals surface area contributed by atoms with Crippen LogP contribution in [0.4, 0.5) is 0 Å². The van der Waals surface area contributed by atoms with Crippen LogP contribution in [0.2, 0.25) is 0 Å². The molecular formula is C12H17NO2. The summed E-state index contributed by atoms with van der Waals surface area (Å²) in [6.45, 7) is 7.10. The average molecular weight is 207 g/mol. The summed E-state index contributed by atoms with van der Waals surface area (Å²) in [6.07, 6.45) is 0. The third-order valence-corrected chi connectivity index (χ3v) is 2.49. The second kappa shape index (κ2) is 4.82. The molecule has 1 amide bonds. The number of phenols is 1. The molecule has 0 heterocycles. The molecule has 0 spiro atoms. The van der Waals surface area contributed by atoms with Crippen molar-refractivity contribution in [2.24, 2.45) is 0 Å². The van der Waals surface area contributed by atoms with Crippen LogP contribution in [0, 0.1) is 6.92 Å². The van der Waals surface area contributed by atoms with Gasteiger partial charge in [0.25, 0.3) is 5.91 Å². The van der Waals surface area contributed by atoms with Gasteiger partial charge >= 0.3 is 0 Å². The molecule has 1 N–H and O–H groups in total. The average Bonchev–Trinajstić information content (AvgIpc) is 2.23. The fourth-order valence-corrected chi connectivity index (χ4v) is 1.48. The van der Waals surface area contributed by atoms with Gasteiger partial charge in [-0.1, -0.05) is 0 Å². The number of nitrogens with zero attached hydrogens (tertiary/aromatic N) is 1. The Kier molecular flexibility index (Phi) is 3.72. The fourth-order valence-electron chi connectivity index (χ4n) is 1.48. The first-order chi connectivity index (χ1) is 7.10. The van der Waals surface area contributed by atoms with Gasteiger partial charge < -0.3 is 10.0 Å². The van der Waals surface area contributed by atoms with E-state index < -0.39 is 0 Å². The quantitative estimate of drug-likeness (QED) is 0.825. The zero-order chi connectivity index (χ0) is 11.4. The number of hydrogen-bond acceptors (Lipinski definition) is 2. The summed E-state index contributed by atoms with van der Waals surface area (Å²) in [5.74, 6) is 0.245. The van der Waals surface area contributed by atoms with E-state index in [2.05, 4.69) is 0 Å². The van der Waals surface area contributed by atoms with Crippen molar-refractivity contribution in [1.29, 1.82) is 0 Å². The van der Waals surface area contributed by atoms with Gasteiger partial charge in [-0.2, -0.15) is 0 Å². The molecule has 3 nitrogen and oxygen atoms in total. The summed E-state index contributed by atoms with van der Waals surface area (Å²) >= 11 is 0. The molecule has 0 saturated heterocycles. The number of amides is 1. The summed E-state index contributed by atoms with van der Waals surface area (Å²) in [5.41, 5.74) is 1.36. The van der Waals surface area contributed by atoms with Crippen LogP contribution < -0.4 is 0 Å². The number of carbonyl (C=O) groups excluding carboxylic acids is 1. The lowest BCUT2D eigenvalue weighted by atomic mass is 10.1. The second-order valence-electron chi connectivity index (χ2n) is 3.48. The molecule has 1 rings (SSSR count). The van der Waals surface area contributed by atoms with Crippen LogP contribution in [0.1, 0.15) is 29.8 Å². The van der Waals surface area contributed by atoms with Gasteiger partial charge in [0.05, 0.1) is 0 Å². The third kappa shape index (κ3) is 2.49. The number of rotatable bonds is 3. The van der Waals surface area contributed by atoms with E-state index in [9.17, 15) is 9.90 Å². The predicted molar refractivity (Wildman–Crippen MR) is 60.1 cm³/mol. The number of aromatic hydroxyl groups is 1. The first-order valence-corrected chi connectivity index (χ1v) is 5.19. The SMILES string of the molecule is CCN(CC)C(=O)c1ccc(O)c(C)c1. The zero-order valence-corrected chi connectivity index (χ0v) is 9.45. The normalized spacial score (nSPS) is 10.1. The highest BCUT2D eigenvalue weighted by Gasteiger charge is 2.12. The van der Waals surface area contributed by atoms with Gasteiger partial charge in [-0.15, -0.1) is 0 Å². The molecule has 0 saturated carbocycles. The smallest absolute Gasteiger partial charge is 0.253 e. The van der Waals surface area contributed by atoms with Gasteiger partial charge in [0, 0.05) is 18.7 Å². The van der Waals surface area contributed by atoms with E-state index in [1.54, 1.807) is 30.0 Å². The number of phenolic OH excluding ortho intramolecular Hbond substituents is 1. The highest BCUT2D eigenvalue weighted by atomic mass is 16.3. The van der Waals surface area contributed by atoms with Crippen molar-refractivity contribution < 1.29 is 9.90 Å². The lowest BCUT2D eigenvalue weighted by molar-refractivity contribution is 0.0773. The molecule has 1 aromatic rings. The van der Waals surface area contributed by atoms with E-state index >= 15 is 0 Å². The first kappa shape index (κ1) is 11.6. The van der Waals surface area contributed by atoms with Crippen LogP contribution in [0.25, 0.3) is 0 Å². The topological polar surface area (TPSA) is 40.5 Å². The monoisotopic (exact) mass is 207 g/mol. The van der Waals surface area contributed by atoms with Gasteiger partial charge in [0.2, 0.25) is 0 Å². The molecule has 0 unspecified atom stereocenters. The van der Waals surface area contributed by atoms with Crippen molar-refractivity contribution in [3.05, 3.63) is 29.3 Å². The number of carbonyl (C=O) groups is 1. The number of benzene rings is 1. The minimum absolute atomic E-state index is 0.0168. The molecule has 0 fully saturated rings. The molecule has 1 aromatic carbocycles. The molecular weight excluding hydrogens is 190 g/mol. The van der Waals surface area contributed by atoms with Crippen molar-refractivity contribution in [3.63, 3.8) is 0 Å². The Balaban J connectivity index is 2.96. The molecule has 15 heavy (non-hydrogen) atoms.